The number of aromatic nitrogens is 4. The molecule has 0 unspecified atom stereocenters. The van der Waals surface area contributed by atoms with Gasteiger partial charge in [0.15, 0.2) is 5.65 Å². The Hall–Kier alpha value is -3.27. The van der Waals surface area contributed by atoms with Crippen LogP contribution in [0.25, 0.3) is 5.65 Å². The summed E-state index contributed by atoms with van der Waals surface area (Å²) in [7, 11) is 0. The van der Waals surface area contributed by atoms with E-state index in [0.717, 1.165) is 25.6 Å². The van der Waals surface area contributed by atoms with Gasteiger partial charge in [0.1, 0.15) is 23.8 Å². The molecule has 2 bridgehead atoms. The number of carbonyl (C=O) groups excluding carboxylic acids is 1. The number of nitrogens with zero attached hydrogens (tertiary/aromatic N) is 5. The third-order valence-electron chi connectivity index (χ3n) is 6.06. The maximum absolute atomic E-state index is 14.2. The fourth-order valence-electron chi connectivity index (χ4n) is 4.21. The van der Waals surface area contributed by atoms with Crippen molar-refractivity contribution in [2.24, 2.45) is 0 Å². The topological polar surface area (TPSA) is 96.7 Å². The van der Waals surface area contributed by atoms with Crippen molar-refractivity contribution < 1.29 is 13.9 Å². The van der Waals surface area contributed by atoms with Crippen molar-refractivity contribution in [1.29, 1.82) is 0 Å². The SMILES string of the molecule is O=C1NC2(CC2)COc2ncc(F)cc2[C@@H]2CNCCN2c2ccn3ncc1c3n2. The first-order valence-electron chi connectivity index (χ1n) is 10.0. The second-order valence-electron chi connectivity index (χ2n) is 8.10. The highest BCUT2D eigenvalue weighted by Gasteiger charge is 2.46. The summed E-state index contributed by atoms with van der Waals surface area (Å²) in [6, 6.07) is 3.13. The Morgan fingerprint density at radius 3 is 3.07 bits per heavy atom. The third-order valence-corrected chi connectivity index (χ3v) is 6.06. The van der Waals surface area contributed by atoms with E-state index in [2.05, 4.69) is 25.6 Å². The Labute approximate surface area is 171 Å². The summed E-state index contributed by atoms with van der Waals surface area (Å²) in [5.74, 6) is 0.445. The predicted octanol–water partition coefficient (Wildman–Crippen LogP) is 1.07. The van der Waals surface area contributed by atoms with E-state index in [1.54, 1.807) is 16.9 Å². The Bertz CT molecular complexity index is 1160. The van der Waals surface area contributed by atoms with Crippen LogP contribution >= 0.6 is 0 Å². The lowest BCUT2D eigenvalue weighted by Crippen LogP contribution is -2.46. The van der Waals surface area contributed by atoms with Crippen LogP contribution in [0.5, 0.6) is 5.88 Å². The van der Waals surface area contributed by atoms with Gasteiger partial charge in [-0.05, 0) is 25.0 Å². The maximum Gasteiger partial charge on any atom is 0.257 e. The molecule has 1 aliphatic carbocycles. The van der Waals surface area contributed by atoms with E-state index in [9.17, 15) is 9.18 Å². The number of anilines is 1. The van der Waals surface area contributed by atoms with Crippen LogP contribution in [0, 0.1) is 5.82 Å². The molecular formula is C20H20FN7O2. The lowest BCUT2D eigenvalue weighted by atomic mass is 10.0. The minimum atomic E-state index is -0.450. The minimum absolute atomic E-state index is 0.210. The van der Waals surface area contributed by atoms with E-state index in [1.807, 2.05) is 6.07 Å². The molecule has 3 aromatic heterocycles. The number of fused-ring (bicyclic) bond motifs is 5. The van der Waals surface area contributed by atoms with Crippen molar-refractivity contribution in [3.05, 3.63) is 47.7 Å². The first-order chi connectivity index (χ1) is 14.6. The second-order valence-corrected chi connectivity index (χ2v) is 8.10. The van der Waals surface area contributed by atoms with E-state index in [4.69, 9.17) is 9.72 Å². The number of ether oxygens (including phenoxy) is 1. The average molecular weight is 409 g/mol. The van der Waals surface area contributed by atoms with Crippen LogP contribution < -0.4 is 20.3 Å². The monoisotopic (exact) mass is 409 g/mol. The summed E-state index contributed by atoms with van der Waals surface area (Å²) in [5, 5.41) is 10.7. The molecule has 2 fully saturated rings. The Morgan fingerprint density at radius 1 is 1.30 bits per heavy atom. The Balaban J connectivity index is 1.54. The molecule has 6 rings (SSSR count). The van der Waals surface area contributed by atoms with E-state index in [-0.39, 0.29) is 18.6 Å². The summed E-state index contributed by atoms with van der Waals surface area (Å²) in [5.41, 5.74) is 1.14. The molecule has 1 amide bonds. The van der Waals surface area contributed by atoms with Crippen LogP contribution in [0.4, 0.5) is 10.2 Å². The van der Waals surface area contributed by atoms with Crippen LogP contribution in [0.3, 0.4) is 0 Å². The van der Waals surface area contributed by atoms with E-state index < -0.39 is 11.4 Å². The molecule has 9 nitrogen and oxygen atoms in total. The van der Waals surface area contributed by atoms with Gasteiger partial charge >= 0.3 is 0 Å². The molecular weight excluding hydrogens is 389 g/mol. The Morgan fingerprint density at radius 2 is 2.20 bits per heavy atom. The van der Waals surface area contributed by atoms with Gasteiger partial charge < -0.3 is 20.3 Å². The van der Waals surface area contributed by atoms with Gasteiger partial charge in [-0.1, -0.05) is 0 Å². The van der Waals surface area contributed by atoms with Crippen molar-refractivity contribution in [3.63, 3.8) is 0 Å². The Kier molecular flexibility index (Phi) is 3.73. The number of hydrogen-bond donors (Lipinski definition) is 2. The zero-order chi connectivity index (χ0) is 20.3. The molecule has 0 aromatic carbocycles. The standard InChI is InChI=1S/C20H20FN7O2/c21-12-7-13-15-10-22-4-6-27(15)16-1-5-28-17(25-16)14(9-24-28)18(29)26-20(2-3-20)11-30-19(13)23-8-12/h1,5,7-9,15,22H,2-4,6,10-11H2,(H,26,29)/t15-/m0/s1. The zero-order valence-corrected chi connectivity index (χ0v) is 16.1. The number of carbonyl (C=O) groups is 1. The molecule has 154 valence electrons. The molecule has 1 saturated carbocycles. The highest BCUT2D eigenvalue weighted by atomic mass is 19.1. The number of pyridine rings is 1. The van der Waals surface area contributed by atoms with Gasteiger partial charge in [-0.2, -0.15) is 5.10 Å². The molecule has 10 heteroatoms. The minimum Gasteiger partial charge on any atom is -0.475 e. The molecule has 5 heterocycles. The van der Waals surface area contributed by atoms with Gasteiger partial charge in [-0.25, -0.2) is 18.9 Å². The van der Waals surface area contributed by atoms with Crippen LogP contribution in [-0.4, -0.2) is 57.3 Å². The number of rotatable bonds is 0. The predicted molar refractivity (Wildman–Crippen MR) is 105 cm³/mol. The van der Waals surface area contributed by atoms with Crippen molar-refractivity contribution >= 4 is 17.4 Å². The lowest BCUT2D eigenvalue weighted by molar-refractivity contribution is 0.0913. The lowest BCUT2D eigenvalue weighted by Gasteiger charge is -2.37. The summed E-state index contributed by atoms with van der Waals surface area (Å²) in [6.45, 7) is 2.31. The molecule has 1 spiro atoms. The molecule has 0 radical (unpaired) electrons. The van der Waals surface area contributed by atoms with Crippen molar-refractivity contribution in [3.8, 4) is 5.88 Å². The summed E-state index contributed by atoms with van der Waals surface area (Å²) >= 11 is 0. The fraction of sp³-hybridized carbons (Fsp3) is 0.400. The normalized spacial score (nSPS) is 22.4. The van der Waals surface area contributed by atoms with Crippen LogP contribution in [0.15, 0.2) is 30.7 Å². The van der Waals surface area contributed by atoms with Gasteiger partial charge in [-0.15, -0.1) is 0 Å². The highest BCUT2D eigenvalue weighted by Crippen LogP contribution is 2.38. The maximum atomic E-state index is 14.2. The first-order valence-corrected chi connectivity index (χ1v) is 10.0. The fourth-order valence-corrected chi connectivity index (χ4v) is 4.21. The largest absolute Gasteiger partial charge is 0.475 e. The second kappa shape index (κ2) is 6.36. The molecule has 2 aliphatic heterocycles. The number of hydrogen-bond acceptors (Lipinski definition) is 7. The molecule has 1 atom stereocenters. The van der Waals surface area contributed by atoms with Gasteiger partial charge in [0.25, 0.3) is 5.91 Å². The molecule has 3 aliphatic rings. The van der Waals surface area contributed by atoms with Crippen molar-refractivity contribution in [2.75, 3.05) is 31.1 Å². The molecule has 1 saturated heterocycles. The van der Waals surface area contributed by atoms with Gasteiger partial charge in [-0.3, -0.25) is 4.79 Å². The summed E-state index contributed by atoms with van der Waals surface area (Å²) in [6.07, 6.45) is 6.12. The van der Waals surface area contributed by atoms with Crippen LogP contribution in [0.1, 0.15) is 34.8 Å². The number of halogens is 1. The van der Waals surface area contributed by atoms with Crippen molar-refractivity contribution in [2.45, 2.75) is 24.4 Å². The van der Waals surface area contributed by atoms with Crippen LogP contribution in [-0.2, 0) is 0 Å². The molecule has 3 aromatic rings. The van der Waals surface area contributed by atoms with Crippen LogP contribution in [0.2, 0.25) is 0 Å². The quantitative estimate of drug-likeness (QED) is 0.573. The molecule has 2 N–H and O–H groups in total. The summed E-state index contributed by atoms with van der Waals surface area (Å²) in [4.78, 5) is 24.1. The first kappa shape index (κ1) is 17.6. The number of amides is 1. The number of nitrogens with one attached hydrogen (secondary N) is 2. The zero-order valence-electron chi connectivity index (χ0n) is 16.1. The van der Waals surface area contributed by atoms with E-state index in [1.165, 1.54) is 6.07 Å². The number of piperazine rings is 1. The van der Waals surface area contributed by atoms with Crippen molar-refractivity contribution in [1.82, 2.24) is 30.2 Å². The van der Waals surface area contributed by atoms with Gasteiger partial charge in [0.05, 0.1) is 24.0 Å². The summed E-state index contributed by atoms with van der Waals surface area (Å²) < 4.78 is 21.8. The van der Waals surface area contributed by atoms with Gasteiger partial charge in [0, 0.05) is 31.4 Å². The third kappa shape index (κ3) is 2.78. The molecule has 30 heavy (non-hydrogen) atoms. The van der Waals surface area contributed by atoms with E-state index in [0.29, 0.717) is 41.6 Å². The highest BCUT2D eigenvalue weighted by molar-refractivity contribution is 6.00. The van der Waals surface area contributed by atoms with E-state index >= 15 is 0 Å². The smallest absolute Gasteiger partial charge is 0.257 e. The average Bonchev–Trinajstić information content (AvgIpc) is 3.38. The van der Waals surface area contributed by atoms with Gasteiger partial charge in [0.2, 0.25) is 5.88 Å².